The average Bonchev–Trinajstić information content (AvgIpc) is 2.89. The van der Waals surface area contributed by atoms with Crippen LogP contribution < -0.4 is 0 Å². The smallest absolute Gasteiger partial charge is 0.343 e. The predicted molar refractivity (Wildman–Crippen MR) is 82.2 cm³/mol. The van der Waals surface area contributed by atoms with Gasteiger partial charge in [-0.15, -0.1) is 0 Å². The number of pyridine rings is 2. The molecule has 3 rings (SSSR count). The molecule has 3 aromatic heterocycles. The number of aromatic nitrogens is 3. The number of hydrogen-bond acceptors (Lipinski definition) is 2. The standard InChI is InChI=1S/C17H16F3N3/c1-11(2)16-14(17(18,19)20)7-12(8-22-16)10-23-6-4-13-9-21-5-3-15(13)23/h3-9,11H,10H2,1-2H3. The Morgan fingerprint density at radius 1 is 1.17 bits per heavy atom. The molecule has 23 heavy (non-hydrogen) atoms. The fraction of sp³-hybridized carbons (Fsp3) is 0.294. The monoisotopic (exact) mass is 319 g/mol. The van der Waals surface area contributed by atoms with Crippen molar-refractivity contribution < 1.29 is 13.2 Å². The Kier molecular flexibility index (Phi) is 3.83. The highest BCUT2D eigenvalue weighted by molar-refractivity contribution is 5.78. The largest absolute Gasteiger partial charge is 0.418 e. The van der Waals surface area contributed by atoms with Gasteiger partial charge in [0.05, 0.1) is 16.8 Å². The molecule has 0 aliphatic heterocycles. The van der Waals surface area contributed by atoms with E-state index in [1.165, 1.54) is 12.3 Å². The second-order valence-electron chi connectivity index (χ2n) is 5.81. The SMILES string of the molecule is CC(C)c1ncc(Cn2ccc3cnccc32)cc1C(F)(F)F. The lowest BCUT2D eigenvalue weighted by atomic mass is 10.0. The Morgan fingerprint density at radius 3 is 2.65 bits per heavy atom. The quantitative estimate of drug-likeness (QED) is 0.705. The van der Waals surface area contributed by atoms with Crippen molar-refractivity contribution in [3.8, 4) is 0 Å². The number of nitrogens with zero attached hydrogens (tertiary/aromatic N) is 3. The van der Waals surface area contributed by atoms with E-state index in [1.54, 1.807) is 26.2 Å². The highest BCUT2D eigenvalue weighted by atomic mass is 19.4. The van der Waals surface area contributed by atoms with Gasteiger partial charge >= 0.3 is 6.18 Å². The normalized spacial score (nSPS) is 12.3. The van der Waals surface area contributed by atoms with E-state index in [0.29, 0.717) is 12.1 Å². The third-order valence-corrected chi connectivity index (χ3v) is 3.75. The Bertz CT molecular complexity index is 834. The third-order valence-electron chi connectivity index (χ3n) is 3.75. The van der Waals surface area contributed by atoms with Crippen LogP contribution >= 0.6 is 0 Å². The van der Waals surface area contributed by atoms with Gasteiger partial charge in [0.2, 0.25) is 0 Å². The summed E-state index contributed by atoms with van der Waals surface area (Å²) in [6.45, 7) is 3.76. The molecule has 6 heteroatoms. The summed E-state index contributed by atoms with van der Waals surface area (Å²) in [4.78, 5) is 8.10. The van der Waals surface area contributed by atoms with E-state index in [4.69, 9.17) is 0 Å². The first-order valence-corrected chi connectivity index (χ1v) is 7.31. The molecule has 0 aliphatic carbocycles. The highest BCUT2D eigenvalue weighted by Gasteiger charge is 2.35. The molecule has 0 unspecified atom stereocenters. The lowest BCUT2D eigenvalue weighted by Gasteiger charge is -2.16. The van der Waals surface area contributed by atoms with E-state index >= 15 is 0 Å². The lowest BCUT2D eigenvalue weighted by Crippen LogP contribution is -2.13. The van der Waals surface area contributed by atoms with E-state index < -0.39 is 11.7 Å². The van der Waals surface area contributed by atoms with Crippen molar-refractivity contribution in [2.45, 2.75) is 32.5 Å². The summed E-state index contributed by atoms with van der Waals surface area (Å²) >= 11 is 0. The van der Waals surface area contributed by atoms with Crippen LogP contribution in [0, 0.1) is 0 Å². The van der Waals surface area contributed by atoms with E-state index in [1.807, 2.05) is 22.9 Å². The van der Waals surface area contributed by atoms with Crippen molar-refractivity contribution in [2.24, 2.45) is 0 Å². The molecule has 0 saturated carbocycles. The predicted octanol–water partition coefficient (Wildman–Crippen LogP) is 4.62. The molecule has 0 aliphatic rings. The van der Waals surface area contributed by atoms with Crippen molar-refractivity contribution in [3.63, 3.8) is 0 Å². The van der Waals surface area contributed by atoms with E-state index in [9.17, 15) is 13.2 Å². The summed E-state index contributed by atoms with van der Waals surface area (Å²) < 4.78 is 41.7. The Morgan fingerprint density at radius 2 is 1.96 bits per heavy atom. The van der Waals surface area contributed by atoms with Crippen molar-refractivity contribution >= 4 is 10.9 Å². The third kappa shape index (κ3) is 3.06. The van der Waals surface area contributed by atoms with Crippen molar-refractivity contribution in [2.75, 3.05) is 0 Å². The molecule has 0 aromatic carbocycles. The first-order valence-electron chi connectivity index (χ1n) is 7.31. The average molecular weight is 319 g/mol. The Labute approximate surface area is 131 Å². The van der Waals surface area contributed by atoms with Crippen LogP contribution in [0.15, 0.2) is 43.0 Å². The fourth-order valence-electron chi connectivity index (χ4n) is 2.67. The van der Waals surface area contributed by atoms with Gasteiger partial charge in [0, 0.05) is 36.7 Å². The van der Waals surface area contributed by atoms with Crippen molar-refractivity contribution in [1.29, 1.82) is 0 Å². The minimum atomic E-state index is -4.40. The fourth-order valence-corrected chi connectivity index (χ4v) is 2.67. The molecule has 0 bridgehead atoms. The second-order valence-corrected chi connectivity index (χ2v) is 5.81. The van der Waals surface area contributed by atoms with Crippen LogP contribution in [0.5, 0.6) is 0 Å². The van der Waals surface area contributed by atoms with Gasteiger partial charge in [-0.1, -0.05) is 13.8 Å². The van der Waals surface area contributed by atoms with E-state index in [-0.39, 0.29) is 11.6 Å². The first kappa shape index (κ1) is 15.5. The Hall–Kier alpha value is -2.37. The minimum Gasteiger partial charge on any atom is -0.343 e. The second kappa shape index (κ2) is 5.68. The van der Waals surface area contributed by atoms with Gasteiger partial charge in [0.15, 0.2) is 0 Å². The number of rotatable bonds is 3. The van der Waals surface area contributed by atoms with Crippen LogP contribution in [0.2, 0.25) is 0 Å². The number of alkyl halides is 3. The molecule has 0 amide bonds. The summed E-state index contributed by atoms with van der Waals surface area (Å²) in [5.41, 5.74) is 0.892. The highest BCUT2D eigenvalue weighted by Crippen LogP contribution is 2.34. The number of hydrogen-bond donors (Lipinski definition) is 0. The topological polar surface area (TPSA) is 30.7 Å². The van der Waals surface area contributed by atoms with Crippen molar-refractivity contribution in [3.05, 3.63) is 59.8 Å². The zero-order valence-corrected chi connectivity index (χ0v) is 12.8. The molecule has 0 radical (unpaired) electrons. The summed E-state index contributed by atoms with van der Waals surface area (Å²) in [5.74, 6) is -0.279. The first-order chi connectivity index (χ1) is 10.9. The van der Waals surface area contributed by atoms with Crippen molar-refractivity contribution in [1.82, 2.24) is 14.5 Å². The van der Waals surface area contributed by atoms with Gasteiger partial charge in [-0.3, -0.25) is 9.97 Å². The molecule has 0 atom stereocenters. The zero-order valence-electron chi connectivity index (χ0n) is 12.8. The van der Waals surface area contributed by atoms with Crippen LogP contribution in [0.25, 0.3) is 10.9 Å². The van der Waals surface area contributed by atoms with Crippen LogP contribution in [-0.2, 0) is 12.7 Å². The molecule has 0 fully saturated rings. The van der Waals surface area contributed by atoms with E-state index in [2.05, 4.69) is 9.97 Å². The maximum atomic E-state index is 13.3. The van der Waals surface area contributed by atoms with Gasteiger partial charge in [-0.25, -0.2) is 0 Å². The van der Waals surface area contributed by atoms with Gasteiger partial charge in [0.1, 0.15) is 0 Å². The molecule has 0 saturated heterocycles. The maximum absolute atomic E-state index is 13.3. The summed E-state index contributed by atoms with van der Waals surface area (Å²) in [5, 5.41) is 0.954. The summed E-state index contributed by atoms with van der Waals surface area (Å²) in [6, 6.07) is 4.94. The van der Waals surface area contributed by atoms with Crippen LogP contribution in [0.1, 0.15) is 36.6 Å². The molecule has 3 aromatic rings. The molecular weight excluding hydrogens is 303 g/mol. The van der Waals surface area contributed by atoms with Crippen LogP contribution in [0.3, 0.4) is 0 Å². The Balaban J connectivity index is 2.01. The van der Waals surface area contributed by atoms with Gasteiger partial charge < -0.3 is 4.57 Å². The van der Waals surface area contributed by atoms with Crippen LogP contribution in [-0.4, -0.2) is 14.5 Å². The van der Waals surface area contributed by atoms with E-state index in [0.717, 1.165) is 10.9 Å². The van der Waals surface area contributed by atoms with Gasteiger partial charge in [0.25, 0.3) is 0 Å². The molecule has 3 nitrogen and oxygen atoms in total. The number of fused-ring (bicyclic) bond motifs is 1. The number of halogens is 3. The van der Waals surface area contributed by atoms with Crippen LogP contribution in [0.4, 0.5) is 13.2 Å². The molecule has 0 N–H and O–H groups in total. The van der Waals surface area contributed by atoms with Gasteiger partial charge in [-0.05, 0) is 29.7 Å². The zero-order chi connectivity index (χ0) is 16.6. The maximum Gasteiger partial charge on any atom is 0.418 e. The molecular formula is C17H16F3N3. The minimum absolute atomic E-state index is 0.0859. The molecule has 3 heterocycles. The summed E-state index contributed by atoms with van der Waals surface area (Å²) in [6.07, 6.45) is 2.37. The molecule has 120 valence electrons. The molecule has 0 spiro atoms. The lowest BCUT2D eigenvalue weighted by molar-refractivity contribution is -0.138. The summed E-state index contributed by atoms with van der Waals surface area (Å²) in [7, 11) is 0. The van der Waals surface area contributed by atoms with Gasteiger partial charge in [-0.2, -0.15) is 13.2 Å².